The first-order valence-electron chi connectivity index (χ1n) is 6.53. The molecule has 0 N–H and O–H groups in total. The molecule has 1 aliphatic rings. The van der Waals surface area contributed by atoms with Gasteiger partial charge in [0.1, 0.15) is 11.9 Å². The van der Waals surface area contributed by atoms with E-state index >= 15 is 0 Å². The first-order valence-corrected chi connectivity index (χ1v) is 6.53. The van der Waals surface area contributed by atoms with Gasteiger partial charge in [-0.25, -0.2) is 4.39 Å². The Morgan fingerprint density at radius 2 is 2.00 bits per heavy atom. The molecule has 0 radical (unpaired) electrons. The van der Waals surface area contributed by atoms with Crippen molar-refractivity contribution in [3.05, 3.63) is 35.1 Å². The van der Waals surface area contributed by atoms with Gasteiger partial charge in [0.2, 0.25) is 0 Å². The molecule has 1 fully saturated rings. The third-order valence-electron chi connectivity index (χ3n) is 3.85. The molecule has 0 amide bonds. The molecular weight excluding hydrogens is 227 g/mol. The lowest BCUT2D eigenvalue weighted by Crippen LogP contribution is -2.35. The minimum absolute atomic E-state index is 0.0997. The average molecular weight is 246 g/mol. The number of aryl methyl sites for hydroxylation is 1. The molecule has 96 valence electrons. The highest BCUT2D eigenvalue weighted by atomic mass is 19.1. The molecule has 0 saturated carbocycles. The Kier molecular flexibility index (Phi) is 3.98. The van der Waals surface area contributed by atoms with E-state index in [1.807, 2.05) is 6.07 Å². The highest BCUT2D eigenvalue weighted by molar-refractivity contribution is 5.29. The van der Waals surface area contributed by atoms with Crippen LogP contribution in [-0.4, -0.2) is 24.0 Å². The number of likely N-dealkylation sites (tertiary alicyclic amines) is 1. The van der Waals surface area contributed by atoms with Crippen molar-refractivity contribution in [3.8, 4) is 6.07 Å². The Balaban J connectivity index is 2.20. The Labute approximate surface area is 108 Å². The van der Waals surface area contributed by atoms with E-state index in [-0.39, 0.29) is 17.8 Å². The molecule has 1 aliphatic heterocycles. The van der Waals surface area contributed by atoms with E-state index in [4.69, 9.17) is 0 Å². The summed E-state index contributed by atoms with van der Waals surface area (Å²) in [5, 5.41) is 9.38. The van der Waals surface area contributed by atoms with Crippen molar-refractivity contribution in [1.29, 1.82) is 5.26 Å². The monoisotopic (exact) mass is 246 g/mol. The van der Waals surface area contributed by atoms with Crippen LogP contribution in [0.1, 0.15) is 36.8 Å². The third-order valence-corrected chi connectivity index (χ3v) is 3.85. The number of nitrogens with zero attached hydrogens (tertiary/aromatic N) is 2. The number of rotatable bonds is 3. The van der Waals surface area contributed by atoms with Gasteiger partial charge in [-0.15, -0.1) is 0 Å². The summed E-state index contributed by atoms with van der Waals surface area (Å²) in [6.07, 6.45) is 2.35. The average Bonchev–Trinajstić information content (AvgIpc) is 2.87. The van der Waals surface area contributed by atoms with Crippen LogP contribution in [0.5, 0.6) is 0 Å². The van der Waals surface area contributed by atoms with Crippen molar-refractivity contribution >= 4 is 0 Å². The summed E-state index contributed by atoms with van der Waals surface area (Å²) in [4.78, 5) is 2.24. The predicted octanol–water partition coefficient (Wildman–Crippen LogP) is 3.23. The van der Waals surface area contributed by atoms with Gasteiger partial charge in [0.25, 0.3) is 0 Å². The zero-order valence-electron chi connectivity index (χ0n) is 11.0. The largest absolute Gasteiger partial charge is 0.288 e. The van der Waals surface area contributed by atoms with E-state index in [1.165, 1.54) is 18.9 Å². The summed E-state index contributed by atoms with van der Waals surface area (Å²) >= 11 is 0. The fourth-order valence-corrected chi connectivity index (χ4v) is 2.66. The van der Waals surface area contributed by atoms with Crippen molar-refractivity contribution in [1.82, 2.24) is 4.90 Å². The van der Waals surface area contributed by atoms with Gasteiger partial charge in [0, 0.05) is 5.92 Å². The van der Waals surface area contributed by atoms with E-state index < -0.39 is 0 Å². The minimum Gasteiger partial charge on any atom is -0.288 e. The Bertz CT molecular complexity index is 458. The molecule has 0 aromatic heterocycles. The predicted molar refractivity (Wildman–Crippen MR) is 69.8 cm³/mol. The molecule has 1 aromatic rings. The van der Waals surface area contributed by atoms with E-state index in [1.54, 1.807) is 13.0 Å². The molecule has 1 aromatic carbocycles. The van der Waals surface area contributed by atoms with E-state index in [0.29, 0.717) is 5.56 Å². The van der Waals surface area contributed by atoms with Gasteiger partial charge in [-0.3, -0.25) is 4.90 Å². The standard InChI is InChI=1S/C15H19FN2/c1-11-9-13(5-6-14(11)16)12(2)15(10-17)18-7-3-4-8-18/h5-6,9,12,15H,3-4,7-8H2,1-2H3. The van der Waals surface area contributed by atoms with E-state index in [0.717, 1.165) is 18.7 Å². The summed E-state index contributed by atoms with van der Waals surface area (Å²) in [6.45, 7) is 5.83. The lowest BCUT2D eigenvalue weighted by molar-refractivity contribution is 0.263. The van der Waals surface area contributed by atoms with Gasteiger partial charge >= 0.3 is 0 Å². The van der Waals surface area contributed by atoms with Gasteiger partial charge in [-0.1, -0.05) is 19.1 Å². The highest BCUT2D eigenvalue weighted by Gasteiger charge is 2.27. The fraction of sp³-hybridized carbons (Fsp3) is 0.533. The number of hydrogen-bond acceptors (Lipinski definition) is 2. The van der Waals surface area contributed by atoms with Crippen molar-refractivity contribution in [3.63, 3.8) is 0 Å². The van der Waals surface area contributed by atoms with Crippen LogP contribution in [-0.2, 0) is 0 Å². The Morgan fingerprint density at radius 3 is 2.56 bits per heavy atom. The zero-order chi connectivity index (χ0) is 13.1. The molecule has 1 heterocycles. The second kappa shape index (κ2) is 5.49. The summed E-state index contributed by atoms with van der Waals surface area (Å²) in [7, 11) is 0. The topological polar surface area (TPSA) is 27.0 Å². The SMILES string of the molecule is Cc1cc(C(C)C(C#N)N2CCCC2)ccc1F. The van der Waals surface area contributed by atoms with Gasteiger partial charge in [0.15, 0.2) is 0 Å². The Hall–Kier alpha value is -1.40. The minimum atomic E-state index is -0.180. The van der Waals surface area contributed by atoms with Gasteiger partial charge in [-0.2, -0.15) is 5.26 Å². The van der Waals surface area contributed by atoms with Crippen molar-refractivity contribution in [2.75, 3.05) is 13.1 Å². The van der Waals surface area contributed by atoms with Crippen LogP contribution >= 0.6 is 0 Å². The maximum Gasteiger partial charge on any atom is 0.126 e. The van der Waals surface area contributed by atoms with Crippen LogP contribution in [0.2, 0.25) is 0 Å². The number of hydrogen-bond donors (Lipinski definition) is 0. The quantitative estimate of drug-likeness (QED) is 0.818. The summed E-state index contributed by atoms with van der Waals surface area (Å²) in [6, 6.07) is 7.47. The summed E-state index contributed by atoms with van der Waals surface area (Å²) < 4.78 is 13.3. The lowest BCUT2D eigenvalue weighted by atomic mass is 9.92. The van der Waals surface area contributed by atoms with Crippen LogP contribution in [0.3, 0.4) is 0 Å². The molecule has 0 bridgehead atoms. The fourth-order valence-electron chi connectivity index (χ4n) is 2.66. The van der Waals surface area contributed by atoms with Crippen molar-refractivity contribution < 1.29 is 4.39 Å². The smallest absolute Gasteiger partial charge is 0.126 e. The summed E-state index contributed by atoms with van der Waals surface area (Å²) in [5.74, 6) is -0.0620. The van der Waals surface area contributed by atoms with Crippen LogP contribution in [0.15, 0.2) is 18.2 Å². The molecule has 2 unspecified atom stereocenters. The van der Waals surface area contributed by atoms with Crippen LogP contribution < -0.4 is 0 Å². The molecule has 2 rings (SSSR count). The second-order valence-corrected chi connectivity index (χ2v) is 5.11. The lowest BCUT2D eigenvalue weighted by Gasteiger charge is -2.27. The van der Waals surface area contributed by atoms with Crippen molar-refractivity contribution in [2.45, 2.75) is 38.6 Å². The molecule has 1 saturated heterocycles. The van der Waals surface area contributed by atoms with Gasteiger partial charge in [0.05, 0.1) is 6.07 Å². The molecule has 2 nitrogen and oxygen atoms in total. The molecule has 18 heavy (non-hydrogen) atoms. The van der Waals surface area contributed by atoms with E-state index in [2.05, 4.69) is 17.9 Å². The van der Waals surface area contributed by atoms with Gasteiger partial charge in [-0.05, 0) is 50.0 Å². The molecule has 0 spiro atoms. The Morgan fingerprint density at radius 1 is 1.33 bits per heavy atom. The first kappa shape index (κ1) is 13.0. The zero-order valence-corrected chi connectivity index (χ0v) is 11.0. The number of nitriles is 1. The van der Waals surface area contributed by atoms with E-state index in [9.17, 15) is 9.65 Å². The number of benzene rings is 1. The maximum absolute atomic E-state index is 13.3. The van der Waals surface area contributed by atoms with Gasteiger partial charge < -0.3 is 0 Å². The van der Waals surface area contributed by atoms with Crippen molar-refractivity contribution in [2.24, 2.45) is 0 Å². The highest BCUT2D eigenvalue weighted by Crippen LogP contribution is 2.26. The first-order chi connectivity index (χ1) is 8.63. The second-order valence-electron chi connectivity index (χ2n) is 5.11. The normalized spacial score (nSPS) is 19.4. The van der Waals surface area contributed by atoms with Crippen LogP contribution in [0.25, 0.3) is 0 Å². The van der Waals surface area contributed by atoms with Crippen LogP contribution in [0, 0.1) is 24.1 Å². The molecule has 0 aliphatic carbocycles. The molecule has 2 atom stereocenters. The summed E-state index contributed by atoms with van der Waals surface area (Å²) in [5.41, 5.74) is 1.70. The number of halogens is 1. The molecular formula is C15H19FN2. The molecule has 3 heteroatoms. The maximum atomic E-state index is 13.3. The van der Waals surface area contributed by atoms with Crippen LogP contribution in [0.4, 0.5) is 4.39 Å². The third kappa shape index (κ3) is 2.54.